The molecule has 1 saturated heterocycles. The summed E-state index contributed by atoms with van der Waals surface area (Å²) in [6.45, 7) is 5.76. The first-order valence-electron chi connectivity index (χ1n) is 7.75. The predicted octanol–water partition coefficient (Wildman–Crippen LogP) is 1.77. The summed E-state index contributed by atoms with van der Waals surface area (Å²) in [6, 6.07) is 0.415. The van der Waals surface area contributed by atoms with Crippen LogP contribution in [0.25, 0.3) is 0 Å². The van der Waals surface area contributed by atoms with Crippen LogP contribution in [0.1, 0.15) is 52.4 Å². The van der Waals surface area contributed by atoms with E-state index in [1.165, 1.54) is 0 Å². The third-order valence-corrected chi connectivity index (χ3v) is 4.19. The van der Waals surface area contributed by atoms with Crippen LogP contribution in [0.15, 0.2) is 0 Å². The van der Waals surface area contributed by atoms with Gasteiger partial charge in [0.25, 0.3) is 0 Å². The van der Waals surface area contributed by atoms with Gasteiger partial charge in [0.1, 0.15) is 0 Å². The highest BCUT2D eigenvalue weighted by Gasteiger charge is 2.24. The summed E-state index contributed by atoms with van der Waals surface area (Å²) in [6.07, 6.45) is 4.57. The zero-order valence-electron chi connectivity index (χ0n) is 12.7. The second-order valence-corrected chi connectivity index (χ2v) is 5.86. The van der Waals surface area contributed by atoms with Gasteiger partial charge in [0.15, 0.2) is 0 Å². The molecule has 5 nitrogen and oxygen atoms in total. The van der Waals surface area contributed by atoms with Crippen molar-refractivity contribution >= 4 is 11.9 Å². The lowest BCUT2D eigenvalue weighted by molar-refractivity contribution is -0.137. The molecular weight excluding hydrogens is 256 g/mol. The maximum absolute atomic E-state index is 12.0. The van der Waals surface area contributed by atoms with Crippen molar-refractivity contribution in [3.05, 3.63) is 0 Å². The van der Waals surface area contributed by atoms with Gasteiger partial charge >= 0.3 is 5.97 Å². The van der Waals surface area contributed by atoms with Crippen LogP contribution in [0.5, 0.6) is 0 Å². The molecule has 0 saturated carbocycles. The number of amides is 1. The first-order chi connectivity index (χ1) is 9.52. The zero-order valence-corrected chi connectivity index (χ0v) is 12.7. The topological polar surface area (TPSA) is 78.4 Å². The third-order valence-electron chi connectivity index (χ3n) is 4.19. The van der Waals surface area contributed by atoms with Crippen molar-refractivity contribution in [3.63, 3.8) is 0 Å². The number of hydrogen-bond acceptors (Lipinski definition) is 3. The number of carboxylic acids is 1. The van der Waals surface area contributed by atoms with E-state index in [0.717, 1.165) is 32.2 Å². The molecule has 0 bridgehead atoms. The standard InChI is InChI=1S/C15H28N2O3/c1-3-12(4-5-14(18)19)6-8-17-15(20)13-7-9-16-11(2)10-13/h11-13,16H,3-10H2,1-2H3,(H,17,20)(H,18,19). The summed E-state index contributed by atoms with van der Waals surface area (Å²) in [7, 11) is 0. The Labute approximate surface area is 121 Å². The molecule has 0 spiro atoms. The number of nitrogens with one attached hydrogen (secondary N) is 2. The van der Waals surface area contributed by atoms with Crippen LogP contribution < -0.4 is 10.6 Å². The number of hydrogen-bond donors (Lipinski definition) is 3. The van der Waals surface area contributed by atoms with Crippen molar-refractivity contribution < 1.29 is 14.7 Å². The number of carbonyl (C=O) groups is 2. The molecule has 0 aromatic heterocycles. The normalized spacial score (nSPS) is 24.1. The SMILES string of the molecule is CCC(CCNC(=O)C1CCNC(C)C1)CCC(=O)O. The maximum atomic E-state index is 12.0. The van der Waals surface area contributed by atoms with Crippen molar-refractivity contribution in [3.8, 4) is 0 Å². The van der Waals surface area contributed by atoms with Crippen LogP contribution in [-0.4, -0.2) is 36.1 Å². The Hall–Kier alpha value is -1.10. The fraction of sp³-hybridized carbons (Fsp3) is 0.867. The highest BCUT2D eigenvalue weighted by atomic mass is 16.4. The molecule has 1 aliphatic heterocycles. The Kier molecular flexibility index (Phi) is 7.59. The van der Waals surface area contributed by atoms with E-state index in [2.05, 4.69) is 24.5 Å². The molecule has 5 heteroatoms. The number of carbonyl (C=O) groups excluding carboxylic acids is 1. The lowest BCUT2D eigenvalue weighted by Gasteiger charge is -2.27. The molecule has 0 aromatic rings. The van der Waals surface area contributed by atoms with Crippen LogP contribution in [0.2, 0.25) is 0 Å². The lowest BCUT2D eigenvalue weighted by atomic mass is 9.92. The molecule has 3 unspecified atom stereocenters. The summed E-state index contributed by atoms with van der Waals surface area (Å²) < 4.78 is 0. The second-order valence-electron chi connectivity index (χ2n) is 5.86. The predicted molar refractivity (Wildman–Crippen MR) is 78.5 cm³/mol. The van der Waals surface area contributed by atoms with Crippen molar-refractivity contribution in [1.29, 1.82) is 0 Å². The van der Waals surface area contributed by atoms with Gasteiger partial charge in [-0.25, -0.2) is 0 Å². The molecule has 3 atom stereocenters. The summed E-state index contributed by atoms with van der Waals surface area (Å²) in [5, 5.41) is 15.0. The van der Waals surface area contributed by atoms with Crippen LogP contribution >= 0.6 is 0 Å². The van der Waals surface area contributed by atoms with E-state index in [4.69, 9.17) is 5.11 Å². The Morgan fingerprint density at radius 3 is 2.75 bits per heavy atom. The van der Waals surface area contributed by atoms with Gasteiger partial charge in [-0.3, -0.25) is 9.59 Å². The first-order valence-corrected chi connectivity index (χ1v) is 7.75. The molecule has 0 aliphatic carbocycles. The smallest absolute Gasteiger partial charge is 0.303 e. The molecule has 0 radical (unpaired) electrons. The van der Waals surface area contributed by atoms with Crippen molar-refractivity contribution in [1.82, 2.24) is 10.6 Å². The highest BCUT2D eigenvalue weighted by Crippen LogP contribution is 2.17. The van der Waals surface area contributed by atoms with Crippen LogP contribution in [0.4, 0.5) is 0 Å². The van der Waals surface area contributed by atoms with Gasteiger partial charge in [-0.2, -0.15) is 0 Å². The molecular formula is C15H28N2O3. The number of carboxylic acid groups (broad SMARTS) is 1. The van der Waals surface area contributed by atoms with E-state index in [-0.39, 0.29) is 18.2 Å². The van der Waals surface area contributed by atoms with Gasteiger partial charge in [-0.1, -0.05) is 13.3 Å². The minimum atomic E-state index is -0.740. The Bertz CT molecular complexity index is 320. The van der Waals surface area contributed by atoms with Crippen LogP contribution in [0, 0.1) is 11.8 Å². The van der Waals surface area contributed by atoms with E-state index in [0.29, 0.717) is 24.9 Å². The molecule has 116 valence electrons. The van der Waals surface area contributed by atoms with Gasteiger partial charge in [-0.15, -0.1) is 0 Å². The van der Waals surface area contributed by atoms with E-state index in [1.54, 1.807) is 0 Å². The Balaban J connectivity index is 2.21. The van der Waals surface area contributed by atoms with E-state index in [1.807, 2.05) is 0 Å². The maximum Gasteiger partial charge on any atom is 0.303 e. The van der Waals surface area contributed by atoms with Gasteiger partial charge in [0.05, 0.1) is 0 Å². The lowest BCUT2D eigenvalue weighted by Crippen LogP contribution is -2.42. The molecule has 1 heterocycles. The van der Waals surface area contributed by atoms with Gasteiger partial charge < -0.3 is 15.7 Å². The quantitative estimate of drug-likeness (QED) is 0.635. The second kappa shape index (κ2) is 8.95. The molecule has 1 aliphatic rings. The summed E-state index contributed by atoms with van der Waals surface area (Å²) in [5.74, 6) is -0.0636. The molecule has 20 heavy (non-hydrogen) atoms. The van der Waals surface area contributed by atoms with E-state index >= 15 is 0 Å². The Morgan fingerprint density at radius 2 is 2.15 bits per heavy atom. The van der Waals surface area contributed by atoms with Crippen LogP contribution in [0.3, 0.4) is 0 Å². The number of piperidine rings is 1. The van der Waals surface area contributed by atoms with Crippen molar-refractivity contribution in [2.75, 3.05) is 13.1 Å². The average Bonchev–Trinajstić information content (AvgIpc) is 2.42. The summed E-state index contributed by atoms with van der Waals surface area (Å²) >= 11 is 0. The highest BCUT2D eigenvalue weighted by molar-refractivity contribution is 5.78. The molecule has 1 rings (SSSR count). The number of rotatable bonds is 8. The van der Waals surface area contributed by atoms with Crippen LogP contribution in [-0.2, 0) is 9.59 Å². The average molecular weight is 284 g/mol. The fourth-order valence-corrected chi connectivity index (χ4v) is 2.79. The Morgan fingerprint density at radius 1 is 1.40 bits per heavy atom. The monoisotopic (exact) mass is 284 g/mol. The molecule has 1 amide bonds. The van der Waals surface area contributed by atoms with Gasteiger partial charge in [0, 0.05) is 24.9 Å². The number of aliphatic carboxylic acids is 1. The van der Waals surface area contributed by atoms with E-state index < -0.39 is 5.97 Å². The fourth-order valence-electron chi connectivity index (χ4n) is 2.79. The molecule has 3 N–H and O–H groups in total. The van der Waals surface area contributed by atoms with E-state index in [9.17, 15) is 9.59 Å². The largest absolute Gasteiger partial charge is 0.481 e. The summed E-state index contributed by atoms with van der Waals surface area (Å²) in [5.41, 5.74) is 0. The third kappa shape index (κ3) is 6.37. The zero-order chi connectivity index (χ0) is 15.0. The summed E-state index contributed by atoms with van der Waals surface area (Å²) in [4.78, 5) is 22.6. The van der Waals surface area contributed by atoms with Gasteiger partial charge in [0.2, 0.25) is 5.91 Å². The minimum Gasteiger partial charge on any atom is -0.481 e. The van der Waals surface area contributed by atoms with Crippen molar-refractivity contribution in [2.45, 2.75) is 58.4 Å². The van der Waals surface area contributed by atoms with Gasteiger partial charge in [-0.05, 0) is 45.1 Å². The first kappa shape index (κ1) is 17.0. The van der Waals surface area contributed by atoms with Crippen molar-refractivity contribution in [2.24, 2.45) is 11.8 Å². The minimum absolute atomic E-state index is 0.130. The molecule has 1 fully saturated rings. The molecule has 0 aromatic carbocycles.